The second-order valence-corrected chi connectivity index (χ2v) is 9.07. The number of rotatable bonds is 8. The van der Waals surface area contributed by atoms with Gasteiger partial charge < -0.3 is 4.90 Å². The quantitative estimate of drug-likeness (QED) is 0.221. The van der Waals surface area contributed by atoms with Crippen molar-refractivity contribution < 1.29 is 53.5 Å². The average Bonchev–Trinajstić information content (AvgIpc) is 2.79. The highest BCUT2D eigenvalue weighted by Crippen LogP contribution is 2.41. The summed E-state index contributed by atoms with van der Waals surface area (Å²) in [5.41, 5.74) is -4.23. The molecule has 0 heterocycles. The van der Waals surface area contributed by atoms with Crippen LogP contribution in [0.15, 0.2) is 42.5 Å². The maximum absolute atomic E-state index is 14.9. The number of amides is 1. The molecule has 0 aliphatic rings. The van der Waals surface area contributed by atoms with Gasteiger partial charge >= 0.3 is 18.5 Å². The molecule has 1 atom stereocenters. The van der Waals surface area contributed by atoms with E-state index < -0.39 is 83.6 Å². The van der Waals surface area contributed by atoms with E-state index in [4.69, 9.17) is 23.2 Å². The van der Waals surface area contributed by atoms with Crippen LogP contribution >= 0.6 is 23.2 Å². The first-order valence-electron chi connectivity index (χ1n) is 10.6. The van der Waals surface area contributed by atoms with Crippen molar-refractivity contribution in [3.63, 3.8) is 0 Å². The molecule has 0 spiro atoms. The zero-order valence-electron chi connectivity index (χ0n) is 19.5. The predicted molar refractivity (Wildman–Crippen MR) is 123 cm³/mol. The van der Waals surface area contributed by atoms with Gasteiger partial charge in [-0.2, -0.15) is 39.5 Å². The van der Waals surface area contributed by atoms with Crippen LogP contribution in [-0.2, 0) is 11.0 Å². The molecular weight excluding hydrogens is 595 g/mol. The molecule has 39 heavy (non-hydrogen) atoms. The van der Waals surface area contributed by atoms with Crippen molar-refractivity contribution in [3.8, 4) is 0 Å². The van der Waals surface area contributed by atoms with E-state index in [0.29, 0.717) is 12.1 Å². The summed E-state index contributed by atoms with van der Waals surface area (Å²) >= 11 is 11.4. The van der Waals surface area contributed by atoms with Crippen LogP contribution in [0.3, 0.4) is 0 Å². The number of carbonyl (C=O) groups is 2. The van der Waals surface area contributed by atoms with Crippen LogP contribution in [0.2, 0.25) is 10.0 Å². The minimum atomic E-state index is -5.27. The average molecular weight is 612 g/mol. The zero-order chi connectivity index (χ0) is 29.9. The first kappa shape index (κ1) is 32.4. The summed E-state index contributed by atoms with van der Waals surface area (Å²) in [5, 5.41) is -0.364. The van der Waals surface area contributed by atoms with Crippen LogP contribution in [0.1, 0.15) is 45.8 Å². The van der Waals surface area contributed by atoms with Crippen molar-refractivity contribution in [3.05, 3.63) is 74.8 Å². The molecule has 1 unspecified atom stereocenters. The number of hydrogen-bond donors (Lipinski definition) is 0. The summed E-state index contributed by atoms with van der Waals surface area (Å²) in [6, 6.07) is 4.03. The molecule has 0 aromatic heterocycles. The monoisotopic (exact) mass is 611 g/mol. The fourth-order valence-electron chi connectivity index (χ4n) is 3.40. The first-order chi connectivity index (χ1) is 17.7. The SMILES string of the molecule is CN(CC(F)(F)F)C(=O)CCC(=O)c1ccc(/C(F)=C/C(c2ccc(Cl)c(Cl)c2)C(F)(F)F)cc1C(F)(F)F. The molecule has 214 valence electrons. The largest absolute Gasteiger partial charge is 0.417 e. The number of alkyl halides is 9. The lowest BCUT2D eigenvalue weighted by Crippen LogP contribution is -2.35. The van der Waals surface area contributed by atoms with Gasteiger partial charge in [0.15, 0.2) is 5.78 Å². The molecule has 0 bridgehead atoms. The summed E-state index contributed by atoms with van der Waals surface area (Å²) in [6.45, 7) is -1.64. The van der Waals surface area contributed by atoms with Gasteiger partial charge in [0.1, 0.15) is 18.3 Å². The number of halogens is 12. The number of allylic oxidation sites excluding steroid dienone is 1. The van der Waals surface area contributed by atoms with E-state index in [1.165, 1.54) is 0 Å². The third-order valence-electron chi connectivity index (χ3n) is 5.28. The van der Waals surface area contributed by atoms with Crippen molar-refractivity contribution >= 4 is 40.7 Å². The smallest absolute Gasteiger partial charge is 0.337 e. The topological polar surface area (TPSA) is 37.4 Å². The minimum Gasteiger partial charge on any atom is -0.337 e. The molecular formula is C24H17Cl2F10NO2. The van der Waals surface area contributed by atoms with Gasteiger partial charge in [-0.05, 0) is 29.8 Å². The molecule has 0 N–H and O–H groups in total. The summed E-state index contributed by atoms with van der Waals surface area (Å²) in [4.78, 5) is 24.4. The number of ketones is 1. The summed E-state index contributed by atoms with van der Waals surface area (Å²) in [5.74, 6) is -6.78. The molecule has 0 aliphatic heterocycles. The fourth-order valence-corrected chi connectivity index (χ4v) is 3.71. The van der Waals surface area contributed by atoms with Crippen LogP contribution in [-0.4, -0.2) is 42.5 Å². The molecule has 2 aromatic rings. The van der Waals surface area contributed by atoms with Crippen molar-refractivity contribution in [1.29, 1.82) is 0 Å². The van der Waals surface area contributed by atoms with Gasteiger partial charge in [0, 0.05) is 31.0 Å². The Morgan fingerprint density at radius 3 is 2.03 bits per heavy atom. The molecule has 0 saturated carbocycles. The van der Waals surface area contributed by atoms with Crippen molar-refractivity contribution in [2.45, 2.75) is 37.3 Å². The van der Waals surface area contributed by atoms with Crippen molar-refractivity contribution in [2.24, 2.45) is 0 Å². The maximum Gasteiger partial charge on any atom is 0.417 e. The molecule has 15 heteroatoms. The second-order valence-electron chi connectivity index (χ2n) is 8.25. The Morgan fingerprint density at radius 2 is 1.51 bits per heavy atom. The Morgan fingerprint density at radius 1 is 0.897 bits per heavy atom. The van der Waals surface area contributed by atoms with Gasteiger partial charge in [-0.1, -0.05) is 41.4 Å². The number of Topliss-reactive ketones (excluding diaryl/α,β-unsaturated/α-hetero) is 1. The first-order valence-corrected chi connectivity index (χ1v) is 11.4. The Hall–Kier alpha value is -2.80. The van der Waals surface area contributed by atoms with Crippen LogP contribution in [0.5, 0.6) is 0 Å². The predicted octanol–water partition coefficient (Wildman–Crippen LogP) is 8.65. The highest BCUT2D eigenvalue weighted by Gasteiger charge is 2.41. The minimum absolute atomic E-state index is 0.0334. The van der Waals surface area contributed by atoms with E-state index in [0.717, 1.165) is 25.2 Å². The molecule has 2 aromatic carbocycles. The fraction of sp³-hybridized carbons (Fsp3) is 0.333. The van der Waals surface area contributed by atoms with Crippen LogP contribution in [0.25, 0.3) is 5.83 Å². The van der Waals surface area contributed by atoms with Gasteiger partial charge in [0.05, 0.1) is 15.6 Å². The Labute approximate surface area is 225 Å². The summed E-state index contributed by atoms with van der Waals surface area (Å²) < 4.78 is 134. The van der Waals surface area contributed by atoms with E-state index in [1.807, 2.05) is 0 Å². The van der Waals surface area contributed by atoms with Crippen LogP contribution in [0.4, 0.5) is 43.9 Å². The molecule has 1 amide bonds. The third kappa shape index (κ3) is 9.13. The van der Waals surface area contributed by atoms with E-state index in [-0.39, 0.29) is 27.1 Å². The number of carbonyl (C=O) groups excluding carboxylic acids is 2. The number of benzene rings is 2. The van der Waals surface area contributed by atoms with Crippen molar-refractivity contribution in [1.82, 2.24) is 4.90 Å². The molecule has 2 rings (SSSR count). The second kappa shape index (κ2) is 12.2. The summed E-state index contributed by atoms with van der Waals surface area (Å²) in [6.07, 6.45) is -16.8. The molecule has 0 fully saturated rings. The Bertz CT molecular complexity index is 1250. The highest BCUT2D eigenvalue weighted by atomic mass is 35.5. The lowest BCUT2D eigenvalue weighted by atomic mass is 9.94. The summed E-state index contributed by atoms with van der Waals surface area (Å²) in [7, 11) is 0.789. The molecule has 0 aliphatic carbocycles. The van der Waals surface area contributed by atoms with Crippen molar-refractivity contribution in [2.75, 3.05) is 13.6 Å². The van der Waals surface area contributed by atoms with Gasteiger partial charge in [0.2, 0.25) is 5.91 Å². The van der Waals surface area contributed by atoms with E-state index in [2.05, 4.69) is 0 Å². The number of hydrogen-bond acceptors (Lipinski definition) is 2. The standard InChI is InChI=1S/C24H17Cl2F10NO2/c1-37(11-22(28,29)30)21(39)7-6-20(38)14-4-2-13(8-16(14)24(34,35)36)19(27)10-15(23(31,32)33)12-3-5-17(25)18(26)9-12/h2-5,8-10,15H,6-7,11H2,1H3/b19-10-. The maximum atomic E-state index is 14.9. The molecule has 0 saturated heterocycles. The lowest BCUT2D eigenvalue weighted by Gasteiger charge is -2.19. The van der Waals surface area contributed by atoms with Crippen LogP contribution in [0, 0.1) is 0 Å². The Balaban J connectivity index is 2.39. The van der Waals surface area contributed by atoms with E-state index >= 15 is 0 Å². The normalized spacial score (nSPS) is 13.8. The van der Waals surface area contributed by atoms with E-state index in [1.54, 1.807) is 0 Å². The third-order valence-corrected chi connectivity index (χ3v) is 6.02. The van der Waals surface area contributed by atoms with Gasteiger partial charge in [-0.3, -0.25) is 9.59 Å². The lowest BCUT2D eigenvalue weighted by molar-refractivity contribution is -0.158. The highest BCUT2D eigenvalue weighted by molar-refractivity contribution is 6.42. The van der Waals surface area contributed by atoms with Gasteiger partial charge in [-0.15, -0.1) is 0 Å². The molecule has 3 nitrogen and oxygen atoms in total. The van der Waals surface area contributed by atoms with E-state index in [9.17, 15) is 53.5 Å². The van der Waals surface area contributed by atoms with Crippen LogP contribution < -0.4 is 0 Å². The Kier molecular flexibility index (Phi) is 10.1. The molecule has 0 radical (unpaired) electrons. The zero-order valence-corrected chi connectivity index (χ0v) is 21.1. The van der Waals surface area contributed by atoms with Gasteiger partial charge in [0.25, 0.3) is 0 Å². The van der Waals surface area contributed by atoms with Gasteiger partial charge in [-0.25, -0.2) is 4.39 Å². The number of nitrogens with zero attached hydrogens (tertiary/aromatic N) is 1.